The number of ether oxygens (including phenoxy) is 1. The van der Waals surface area contributed by atoms with E-state index < -0.39 is 0 Å². The van der Waals surface area contributed by atoms with Gasteiger partial charge in [-0.05, 0) is 12.1 Å². The summed E-state index contributed by atoms with van der Waals surface area (Å²) in [5, 5.41) is 11.1. The van der Waals surface area contributed by atoms with E-state index >= 15 is 0 Å². The van der Waals surface area contributed by atoms with Crippen molar-refractivity contribution in [3.05, 3.63) is 28.8 Å². The third-order valence-corrected chi connectivity index (χ3v) is 2.38. The summed E-state index contributed by atoms with van der Waals surface area (Å²) in [5.74, 6) is -0.102. The van der Waals surface area contributed by atoms with Crippen LogP contribution in [0.2, 0.25) is 5.02 Å². The Morgan fingerprint density at radius 3 is 3.00 bits per heavy atom. The number of hydrogen-bond acceptors (Lipinski definition) is 4. The molecule has 0 saturated carbocycles. The van der Waals surface area contributed by atoms with Crippen LogP contribution in [0.15, 0.2) is 18.2 Å². The predicted molar refractivity (Wildman–Crippen MR) is 65.6 cm³/mol. The molecule has 94 valence electrons. The van der Waals surface area contributed by atoms with Gasteiger partial charge < -0.3 is 10.1 Å². The lowest BCUT2D eigenvalue weighted by molar-refractivity contribution is -0.123. The number of hydrogen-bond donors (Lipinski definition) is 1. The summed E-state index contributed by atoms with van der Waals surface area (Å²) in [6.45, 7) is 0.0430. The number of carbonyl (C=O) groups excluding carboxylic acids is 2. The minimum atomic E-state index is -0.359. The molecule has 1 aromatic rings. The van der Waals surface area contributed by atoms with Crippen molar-refractivity contribution in [1.82, 2.24) is 5.32 Å². The minimum Gasteiger partial charge on any atom is -0.483 e. The fourth-order valence-electron chi connectivity index (χ4n) is 1.21. The molecule has 18 heavy (non-hydrogen) atoms. The molecule has 5 nitrogen and oxygen atoms in total. The smallest absolute Gasteiger partial charge is 0.257 e. The summed E-state index contributed by atoms with van der Waals surface area (Å²) in [6, 6.07) is 6.64. The van der Waals surface area contributed by atoms with Gasteiger partial charge in [-0.2, -0.15) is 5.26 Å². The molecule has 1 aromatic carbocycles. The molecule has 0 aliphatic carbocycles. The highest BCUT2D eigenvalue weighted by molar-refractivity contribution is 6.33. The summed E-state index contributed by atoms with van der Waals surface area (Å²) in [7, 11) is 0. The average Bonchev–Trinajstić information content (AvgIpc) is 2.36. The van der Waals surface area contributed by atoms with E-state index in [2.05, 4.69) is 5.32 Å². The van der Waals surface area contributed by atoms with Crippen LogP contribution >= 0.6 is 11.6 Å². The third kappa shape index (κ3) is 4.07. The summed E-state index contributed by atoms with van der Waals surface area (Å²) in [5.41, 5.74) is 0.212. The van der Waals surface area contributed by atoms with Gasteiger partial charge in [0.05, 0.1) is 23.1 Å². The van der Waals surface area contributed by atoms with Crippen LogP contribution in [0.25, 0.3) is 0 Å². The van der Waals surface area contributed by atoms with E-state index in [9.17, 15) is 9.59 Å². The Morgan fingerprint density at radius 1 is 1.56 bits per heavy atom. The van der Waals surface area contributed by atoms with Crippen LogP contribution in [0.3, 0.4) is 0 Å². The van der Waals surface area contributed by atoms with Gasteiger partial charge in [-0.1, -0.05) is 17.7 Å². The molecule has 0 radical (unpaired) electrons. The number of benzene rings is 1. The monoisotopic (exact) mass is 266 g/mol. The van der Waals surface area contributed by atoms with Crippen molar-refractivity contribution in [3.8, 4) is 11.8 Å². The van der Waals surface area contributed by atoms with Gasteiger partial charge in [0.2, 0.25) is 0 Å². The second-order valence-corrected chi connectivity index (χ2v) is 3.72. The molecular weight excluding hydrogens is 256 g/mol. The number of nitrogens with zero attached hydrogens (tertiary/aromatic N) is 1. The topological polar surface area (TPSA) is 79.2 Å². The zero-order valence-corrected chi connectivity index (χ0v) is 10.2. The fourth-order valence-corrected chi connectivity index (χ4v) is 1.42. The first-order chi connectivity index (χ1) is 8.69. The molecule has 0 aliphatic rings. The number of nitriles is 1. The van der Waals surface area contributed by atoms with Gasteiger partial charge in [-0.3, -0.25) is 9.59 Å². The van der Waals surface area contributed by atoms with Gasteiger partial charge in [-0.15, -0.1) is 0 Å². The van der Waals surface area contributed by atoms with Crippen LogP contribution in [-0.4, -0.2) is 25.3 Å². The molecule has 0 atom stereocenters. The number of nitrogens with one attached hydrogen (secondary N) is 1. The van der Waals surface area contributed by atoms with Gasteiger partial charge in [0, 0.05) is 6.54 Å². The highest BCUT2D eigenvalue weighted by Gasteiger charge is 2.09. The standard InChI is InChI=1S/C12H11ClN2O3/c13-10-3-1-4-11(9(10)7-16)18-8-12(17)15-6-2-5-14/h1,3-4,7H,2,6,8H2,(H,15,17). The number of amides is 1. The van der Waals surface area contributed by atoms with Crippen LogP contribution in [0.5, 0.6) is 5.75 Å². The lowest BCUT2D eigenvalue weighted by Crippen LogP contribution is -2.29. The summed E-state index contributed by atoms with van der Waals surface area (Å²) >= 11 is 5.80. The van der Waals surface area contributed by atoms with Crippen LogP contribution in [-0.2, 0) is 4.79 Å². The normalized spacial score (nSPS) is 9.33. The summed E-state index contributed by atoms with van der Waals surface area (Å²) in [6.07, 6.45) is 0.813. The molecule has 0 heterocycles. The molecule has 0 spiro atoms. The number of aldehydes is 1. The van der Waals surface area contributed by atoms with Crippen LogP contribution in [0, 0.1) is 11.3 Å². The van der Waals surface area contributed by atoms with Crippen LogP contribution < -0.4 is 10.1 Å². The van der Waals surface area contributed by atoms with Crippen molar-refractivity contribution in [2.24, 2.45) is 0 Å². The van der Waals surface area contributed by atoms with Crippen molar-refractivity contribution in [2.45, 2.75) is 6.42 Å². The number of carbonyl (C=O) groups is 2. The van der Waals surface area contributed by atoms with Gasteiger partial charge in [0.1, 0.15) is 5.75 Å². The first kappa shape index (κ1) is 14.0. The molecule has 0 fully saturated rings. The van der Waals surface area contributed by atoms with Gasteiger partial charge in [0.15, 0.2) is 12.9 Å². The van der Waals surface area contributed by atoms with Crippen molar-refractivity contribution in [3.63, 3.8) is 0 Å². The first-order valence-corrected chi connectivity index (χ1v) is 5.57. The van der Waals surface area contributed by atoms with Crippen molar-refractivity contribution in [1.29, 1.82) is 5.26 Å². The molecule has 1 N–H and O–H groups in total. The Balaban J connectivity index is 2.54. The first-order valence-electron chi connectivity index (χ1n) is 5.19. The van der Waals surface area contributed by atoms with E-state index in [1.165, 1.54) is 0 Å². The Labute approximate surface area is 109 Å². The lowest BCUT2D eigenvalue weighted by atomic mass is 10.2. The maximum absolute atomic E-state index is 11.3. The average molecular weight is 267 g/mol. The number of rotatable bonds is 6. The van der Waals surface area contributed by atoms with Crippen molar-refractivity contribution < 1.29 is 14.3 Å². The van der Waals surface area contributed by atoms with E-state index in [0.717, 1.165) is 0 Å². The molecule has 1 rings (SSSR count). The summed E-state index contributed by atoms with van der Waals surface area (Å²) < 4.78 is 5.19. The largest absolute Gasteiger partial charge is 0.483 e. The van der Waals surface area contributed by atoms with Gasteiger partial charge >= 0.3 is 0 Å². The fraction of sp³-hybridized carbons (Fsp3) is 0.250. The molecule has 0 unspecified atom stereocenters. The zero-order chi connectivity index (χ0) is 13.4. The minimum absolute atomic E-state index is 0.212. The zero-order valence-electron chi connectivity index (χ0n) is 9.48. The van der Waals surface area contributed by atoms with Gasteiger partial charge in [0.25, 0.3) is 5.91 Å². The van der Waals surface area contributed by atoms with Crippen LogP contribution in [0.4, 0.5) is 0 Å². The maximum atomic E-state index is 11.3. The lowest BCUT2D eigenvalue weighted by Gasteiger charge is -2.09. The van der Waals surface area contributed by atoms with Gasteiger partial charge in [-0.25, -0.2) is 0 Å². The van der Waals surface area contributed by atoms with E-state index in [1.807, 2.05) is 6.07 Å². The predicted octanol–water partition coefficient (Wildman–Crippen LogP) is 1.56. The molecule has 0 saturated heterocycles. The quantitative estimate of drug-likeness (QED) is 0.626. The van der Waals surface area contributed by atoms with E-state index in [0.29, 0.717) is 6.29 Å². The Hall–Kier alpha value is -2.06. The highest BCUT2D eigenvalue weighted by atomic mass is 35.5. The van der Waals surface area contributed by atoms with Crippen LogP contribution in [0.1, 0.15) is 16.8 Å². The summed E-state index contributed by atoms with van der Waals surface area (Å²) in [4.78, 5) is 22.1. The highest BCUT2D eigenvalue weighted by Crippen LogP contribution is 2.24. The molecule has 0 bridgehead atoms. The number of halogens is 1. The molecule has 0 aromatic heterocycles. The SMILES string of the molecule is N#CCCNC(=O)COc1cccc(Cl)c1C=O. The Morgan fingerprint density at radius 2 is 2.33 bits per heavy atom. The Kier molecular flexibility index (Phi) is 5.68. The molecule has 1 amide bonds. The Bertz CT molecular complexity index is 483. The second kappa shape index (κ2) is 7.30. The van der Waals surface area contributed by atoms with Crippen molar-refractivity contribution >= 4 is 23.8 Å². The third-order valence-electron chi connectivity index (χ3n) is 2.05. The molecular formula is C12H11ClN2O3. The van der Waals surface area contributed by atoms with E-state index in [-0.39, 0.29) is 41.8 Å². The van der Waals surface area contributed by atoms with Crippen molar-refractivity contribution in [2.75, 3.05) is 13.2 Å². The van der Waals surface area contributed by atoms with E-state index in [1.54, 1.807) is 18.2 Å². The second-order valence-electron chi connectivity index (χ2n) is 3.32. The molecule has 0 aliphatic heterocycles. The maximum Gasteiger partial charge on any atom is 0.257 e. The molecule has 6 heteroatoms. The van der Waals surface area contributed by atoms with E-state index in [4.69, 9.17) is 21.6 Å².